The molecule has 2 nitrogen and oxygen atoms in total. The molecular formula is C7H11BrN2. The van der Waals surface area contributed by atoms with E-state index in [9.17, 15) is 0 Å². The van der Waals surface area contributed by atoms with Crippen molar-refractivity contribution >= 4 is 28.0 Å². The Balaban J connectivity index is 2.59. The average molecular weight is 203 g/mol. The molecule has 0 aliphatic carbocycles. The smallest absolute Gasteiger partial charge is 0.125 e. The third kappa shape index (κ3) is 1.90. The van der Waals surface area contributed by atoms with E-state index in [0.29, 0.717) is 10.7 Å². The summed E-state index contributed by atoms with van der Waals surface area (Å²) in [7, 11) is 0. The molecule has 10 heavy (non-hydrogen) atoms. The van der Waals surface area contributed by atoms with Crippen LogP contribution >= 0.6 is 15.9 Å². The molecule has 1 atom stereocenters. The van der Waals surface area contributed by atoms with Gasteiger partial charge in [0, 0.05) is 12.1 Å². The summed E-state index contributed by atoms with van der Waals surface area (Å²) in [4.78, 5) is 8.81. The molecule has 0 aromatic rings. The highest BCUT2D eigenvalue weighted by atomic mass is 79.9. The van der Waals surface area contributed by atoms with Gasteiger partial charge in [-0.15, -0.1) is 0 Å². The largest absolute Gasteiger partial charge is 0.269 e. The van der Waals surface area contributed by atoms with Gasteiger partial charge in [-0.2, -0.15) is 0 Å². The average Bonchev–Trinajstić information content (AvgIpc) is 1.88. The lowest BCUT2D eigenvalue weighted by Gasteiger charge is -2.10. The zero-order valence-electron chi connectivity index (χ0n) is 6.21. The van der Waals surface area contributed by atoms with Crippen molar-refractivity contribution in [3.05, 3.63) is 0 Å². The van der Waals surface area contributed by atoms with Crippen LogP contribution in [0, 0.1) is 5.92 Å². The van der Waals surface area contributed by atoms with Crippen molar-refractivity contribution in [3.8, 4) is 0 Å². The summed E-state index contributed by atoms with van der Waals surface area (Å²) in [5.41, 5.74) is 0. The second kappa shape index (κ2) is 3.28. The maximum absolute atomic E-state index is 4.28. The first-order valence-corrected chi connectivity index (χ1v) is 4.34. The fourth-order valence-corrected chi connectivity index (χ4v) is 1.02. The normalized spacial score (nSPS) is 25.2. The number of amidine groups is 1. The van der Waals surface area contributed by atoms with Gasteiger partial charge in [0.05, 0.1) is 11.4 Å². The van der Waals surface area contributed by atoms with Gasteiger partial charge < -0.3 is 0 Å². The van der Waals surface area contributed by atoms with Crippen LogP contribution in [-0.2, 0) is 0 Å². The predicted octanol–water partition coefficient (Wildman–Crippen LogP) is 1.89. The Morgan fingerprint density at radius 2 is 2.40 bits per heavy atom. The van der Waals surface area contributed by atoms with Crippen molar-refractivity contribution in [1.82, 2.24) is 0 Å². The first-order chi connectivity index (χ1) is 4.70. The number of nitrogens with zero attached hydrogens (tertiary/aromatic N) is 2. The van der Waals surface area contributed by atoms with Crippen molar-refractivity contribution in [2.75, 3.05) is 6.54 Å². The van der Waals surface area contributed by atoms with Gasteiger partial charge >= 0.3 is 0 Å². The molecule has 1 unspecified atom stereocenters. The van der Waals surface area contributed by atoms with Crippen molar-refractivity contribution in [2.45, 2.75) is 18.7 Å². The number of halogens is 1. The van der Waals surface area contributed by atoms with Crippen LogP contribution in [0.5, 0.6) is 0 Å². The van der Waals surface area contributed by atoms with Crippen molar-refractivity contribution in [2.24, 2.45) is 15.9 Å². The summed E-state index contributed by atoms with van der Waals surface area (Å²) in [6.45, 7) is 5.03. The number of aliphatic imine (C=N–C) groups is 2. The molecule has 0 saturated heterocycles. The molecule has 0 aromatic carbocycles. The molecule has 3 heteroatoms. The summed E-state index contributed by atoms with van der Waals surface area (Å²) in [6.07, 6.45) is 1.91. The minimum Gasteiger partial charge on any atom is -0.269 e. The molecule has 0 saturated carbocycles. The maximum atomic E-state index is 4.28. The van der Waals surface area contributed by atoms with Gasteiger partial charge in [0.1, 0.15) is 5.84 Å². The predicted molar refractivity (Wildman–Crippen MR) is 48.3 cm³/mol. The minimum atomic E-state index is 0.343. The molecule has 1 aliphatic heterocycles. The molecule has 0 N–H and O–H groups in total. The molecule has 0 radical (unpaired) electrons. The molecule has 1 aliphatic rings. The van der Waals surface area contributed by atoms with Crippen LogP contribution < -0.4 is 0 Å². The molecule has 0 aromatic heterocycles. The first-order valence-electron chi connectivity index (χ1n) is 3.42. The van der Waals surface area contributed by atoms with Gasteiger partial charge in [-0.25, -0.2) is 4.99 Å². The van der Waals surface area contributed by atoms with Crippen LogP contribution in [0.3, 0.4) is 0 Å². The van der Waals surface area contributed by atoms with Crippen LogP contribution in [-0.4, -0.2) is 23.4 Å². The molecule has 0 spiro atoms. The minimum absolute atomic E-state index is 0.343. The Morgan fingerprint density at radius 1 is 1.70 bits per heavy atom. The van der Waals surface area contributed by atoms with E-state index in [0.717, 1.165) is 12.4 Å². The van der Waals surface area contributed by atoms with E-state index < -0.39 is 0 Å². The lowest BCUT2D eigenvalue weighted by molar-refractivity contribution is 0.851. The molecule has 0 fully saturated rings. The standard InChI is InChI=1S/C7H11BrN2/c1-5(2)7-9-3-6(8)4-10-7/h3,5-6H,4H2,1-2H3. The lowest BCUT2D eigenvalue weighted by Crippen LogP contribution is -2.17. The molecule has 1 heterocycles. The van der Waals surface area contributed by atoms with E-state index in [-0.39, 0.29) is 0 Å². The molecular weight excluding hydrogens is 192 g/mol. The SMILES string of the molecule is CC(C)C1=NCC(Br)C=N1. The van der Waals surface area contributed by atoms with Crippen LogP contribution in [0.2, 0.25) is 0 Å². The maximum Gasteiger partial charge on any atom is 0.125 e. The van der Waals surface area contributed by atoms with Crippen molar-refractivity contribution < 1.29 is 0 Å². The van der Waals surface area contributed by atoms with E-state index in [4.69, 9.17) is 0 Å². The van der Waals surface area contributed by atoms with Crippen LogP contribution in [0.25, 0.3) is 0 Å². The van der Waals surface area contributed by atoms with E-state index in [1.807, 2.05) is 6.21 Å². The van der Waals surface area contributed by atoms with Gasteiger partial charge in [0.2, 0.25) is 0 Å². The number of hydrogen-bond donors (Lipinski definition) is 0. The Morgan fingerprint density at radius 3 is 2.80 bits per heavy atom. The van der Waals surface area contributed by atoms with Gasteiger partial charge in [0.25, 0.3) is 0 Å². The Hall–Kier alpha value is -0.180. The zero-order valence-corrected chi connectivity index (χ0v) is 7.80. The molecule has 0 bridgehead atoms. The second-order valence-corrected chi connectivity index (χ2v) is 3.82. The van der Waals surface area contributed by atoms with Crippen molar-refractivity contribution in [1.29, 1.82) is 0 Å². The third-order valence-corrected chi connectivity index (χ3v) is 1.84. The highest BCUT2D eigenvalue weighted by Gasteiger charge is 2.09. The van der Waals surface area contributed by atoms with Crippen molar-refractivity contribution in [3.63, 3.8) is 0 Å². The van der Waals surface area contributed by atoms with Gasteiger partial charge in [-0.3, -0.25) is 4.99 Å². The number of rotatable bonds is 1. The zero-order chi connectivity index (χ0) is 7.56. The monoisotopic (exact) mass is 202 g/mol. The lowest BCUT2D eigenvalue weighted by atomic mass is 10.2. The van der Waals surface area contributed by atoms with Crippen LogP contribution in [0.4, 0.5) is 0 Å². The van der Waals surface area contributed by atoms with Crippen LogP contribution in [0.15, 0.2) is 9.98 Å². The fourth-order valence-electron chi connectivity index (χ4n) is 0.758. The Kier molecular flexibility index (Phi) is 2.60. The van der Waals surface area contributed by atoms with E-state index in [2.05, 4.69) is 39.8 Å². The Labute approximate surface area is 69.6 Å². The highest BCUT2D eigenvalue weighted by molar-refractivity contribution is 9.10. The van der Waals surface area contributed by atoms with Gasteiger partial charge in [0.15, 0.2) is 0 Å². The van der Waals surface area contributed by atoms with E-state index in [1.54, 1.807) is 0 Å². The summed E-state index contributed by atoms with van der Waals surface area (Å²) in [5.74, 6) is 1.42. The summed E-state index contributed by atoms with van der Waals surface area (Å²) < 4.78 is 0. The highest BCUT2D eigenvalue weighted by Crippen LogP contribution is 2.07. The molecule has 1 rings (SSSR count). The topological polar surface area (TPSA) is 24.7 Å². The summed E-state index contributed by atoms with van der Waals surface area (Å²) in [6, 6.07) is 0. The first kappa shape index (κ1) is 7.92. The van der Waals surface area contributed by atoms with E-state index in [1.165, 1.54) is 0 Å². The Bertz CT molecular complexity index is 172. The number of alkyl halides is 1. The van der Waals surface area contributed by atoms with E-state index >= 15 is 0 Å². The van der Waals surface area contributed by atoms with Gasteiger partial charge in [-0.1, -0.05) is 29.8 Å². The summed E-state index contributed by atoms with van der Waals surface area (Å²) in [5, 5.41) is 0. The molecule has 0 amide bonds. The van der Waals surface area contributed by atoms with Crippen LogP contribution in [0.1, 0.15) is 13.8 Å². The fraction of sp³-hybridized carbons (Fsp3) is 0.714. The molecule has 56 valence electrons. The third-order valence-electron chi connectivity index (χ3n) is 1.31. The number of hydrogen-bond acceptors (Lipinski definition) is 2. The second-order valence-electron chi connectivity index (χ2n) is 2.65. The van der Waals surface area contributed by atoms with Gasteiger partial charge in [-0.05, 0) is 0 Å². The quantitative estimate of drug-likeness (QED) is 0.581. The summed E-state index contributed by atoms with van der Waals surface area (Å²) >= 11 is 3.41.